The predicted octanol–water partition coefficient (Wildman–Crippen LogP) is 0.385. The van der Waals surface area contributed by atoms with Crippen molar-refractivity contribution in [2.75, 3.05) is 53.4 Å². The Morgan fingerprint density at radius 3 is 2.57 bits per heavy atom. The van der Waals surface area contributed by atoms with Crippen LogP contribution in [-0.2, 0) is 18.4 Å². The SMILES string of the molecule is CN=C(NCCN1CCN(C(=O)C2CCC2)CC1)N(C)Cc1ncnn1C.I. The highest BCUT2D eigenvalue weighted by Gasteiger charge is 2.31. The molecule has 28 heavy (non-hydrogen) atoms. The Bertz CT molecular complexity index is 652. The van der Waals surface area contributed by atoms with E-state index in [1.807, 2.05) is 19.0 Å². The smallest absolute Gasteiger partial charge is 0.225 e. The Morgan fingerprint density at radius 1 is 1.32 bits per heavy atom. The number of aliphatic imine (C=N–C) groups is 1. The molecule has 1 saturated heterocycles. The van der Waals surface area contributed by atoms with E-state index >= 15 is 0 Å². The summed E-state index contributed by atoms with van der Waals surface area (Å²) in [6.07, 6.45) is 4.96. The van der Waals surface area contributed by atoms with Crippen LogP contribution in [0.5, 0.6) is 0 Å². The zero-order valence-corrected chi connectivity index (χ0v) is 19.5. The van der Waals surface area contributed by atoms with Crippen molar-refractivity contribution < 1.29 is 4.79 Å². The van der Waals surface area contributed by atoms with Gasteiger partial charge in [0.05, 0.1) is 6.54 Å². The maximum Gasteiger partial charge on any atom is 0.225 e. The van der Waals surface area contributed by atoms with Crippen molar-refractivity contribution >= 4 is 35.8 Å². The van der Waals surface area contributed by atoms with Crippen LogP contribution in [0.15, 0.2) is 11.3 Å². The van der Waals surface area contributed by atoms with Crippen molar-refractivity contribution in [1.29, 1.82) is 0 Å². The molecule has 0 atom stereocenters. The van der Waals surface area contributed by atoms with Gasteiger partial charge in [-0.1, -0.05) is 6.42 Å². The number of halogens is 1. The van der Waals surface area contributed by atoms with E-state index in [0.29, 0.717) is 18.4 Å². The summed E-state index contributed by atoms with van der Waals surface area (Å²) in [7, 11) is 5.68. The molecular weight excluding hydrogens is 471 g/mol. The summed E-state index contributed by atoms with van der Waals surface area (Å²) in [6, 6.07) is 0. The van der Waals surface area contributed by atoms with Crippen LogP contribution < -0.4 is 5.32 Å². The van der Waals surface area contributed by atoms with Crippen LogP contribution in [0.2, 0.25) is 0 Å². The van der Waals surface area contributed by atoms with Crippen molar-refractivity contribution in [2.45, 2.75) is 25.8 Å². The zero-order valence-electron chi connectivity index (χ0n) is 17.2. The molecule has 2 heterocycles. The second-order valence-electron chi connectivity index (χ2n) is 7.42. The van der Waals surface area contributed by atoms with Gasteiger partial charge in [0.25, 0.3) is 0 Å². The number of nitrogens with zero attached hydrogens (tertiary/aromatic N) is 7. The van der Waals surface area contributed by atoms with E-state index in [9.17, 15) is 4.79 Å². The van der Waals surface area contributed by atoms with E-state index in [1.54, 1.807) is 18.1 Å². The van der Waals surface area contributed by atoms with Crippen molar-refractivity contribution in [2.24, 2.45) is 18.0 Å². The number of aromatic nitrogens is 3. The number of rotatable bonds is 6. The molecule has 1 aliphatic carbocycles. The van der Waals surface area contributed by atoms with Gasteiger partial charge >= 0.3 is 0 Å². The van der Waals surface area contributed by atoms with Crippen LogP contribution in [0.3, 0.4) is 0 Å². The lowest BCUT2D eigenvalue weighted by Gasteiger charge is -2.38. The second kappa shape index (κ2) is 10.9. The highest BCUT2D eigenvalue weighted by Crippen LogP contribution is 2.28. The molecule has 2 fully saturated rings. The third-order valence-electron chi connectivity index (χ3n) is 5.61. The number of nitrogens with one attached hydrogen (secondary N) is 1. The molecule has 158 valence electrons. The molecule has 0 bridgehead atoms. The topological polar surface area (TPSA) is 81.9 Å². The first kappa shape index (κ1) is 22.9. The van der Waals surface area contributed by atoms with E-state index in [4.69, 9.17) is 0 Å². The molecule has 0 unspecified atom stereocenters. The summed E-state index contributed by atoms with van der Waals surface area (Å²) in [5, 5.41) is 7.52. The summed E-state index contributed by atoms with van der Waals surface area (Å²) < 4.78 is 1.77. The van der Waals surface area contributed by atoms with Crippen LogP contribution in [0.4, 0.5) is 0 Å². The average molecular weight is 504 g/mol. The van der Waals surface area contributed by atoms with E-state index < -0.39 is 0 Å². The van der Waals surface area contributed by atoms with Crippen LogP contribution in [0.1, 0.15) is 25.1 Å². The fourth-order valence-corrected chi connectivity index (χ4v) is 3.57. The number of hydrogen-bond donors (Lipinski definition) is 1. The Labute approximate surface area is 184 Å². The summed E-state index contributed by atoms with van der Waals surface area (Å²) in [6.45, 7) is 6.04. The molecule has 0 spiro atoms. The lowest BCUT2D eigenvalue weighted by molar-refractivity contribution is -0.139. The van der Waals surface area contributed by atoms with Gasteiger partial charge in [0, 0.05) is 66.3 Å². The van der Waals surface area contributed by atoms with Gasteiger partial charge in [-0.15, -0.1) is 24.0 Å². The fourth-order valence-electron chi connectivity index (χ4n) is 3.57. The standard InChI is InChI=1S/C18H32N8O.HI/c1-19-18(23(2)13-16-21-14-22-24(16)3)20-7-8-25-9-11-26(12-10-25)17(27)15-5-4-6-15;/h14-15H,4-13H2,1-3H3,(H,19,20);1H. The van der Waals surface area contributed by atoms with Crippen LogP contribution in [0.25, 0.3) is 0 Å². The second-order valence-corrected chi connectivity index (χ2v) is 7.42. The van der Waals surface area contributed by atoms with E-state index in [1.165, 1.54) is 6.42 Å². The van der Waals surface area contributed by atoms with Gasteiger partial charge in [-0.25, -0.2) is 4.98 Å². The first-order valence-electron chi connectivity index (χ1n) is 9.84. The van der Waals surface area contributed by atoms with Gasteiger partial charge in [-0.2, -0.15) is 5.10 Å². The lowest BCUT2D eigenvalue weighted by atomic mass is 9.84. The Balaban J connectivity index is 0.00000280. The van der Waals surface area contributed by atoms with Crippen molar-refractivity contribution in [3.05, 3.63) is 12.2 Å². The minimum absolute atomic E-state index is 0. The Hall–Kier alpha value is -1.43. The summed E-state index contributed by atoms with van der Waals surface area (Å²) in [4.78, 5) is 27.4. The third-order valence-corrected chi connectivity index (χ3v) is 5.61. The molecular formula is C18H33IN8O. The molecule has 0 radical (unpaired) electrons. The van der Waals surface area contributed by atoms with Gasteiger partial charge < -0.3 is 15.1 Å². The van der Waals surface area contributed by atoms with Gasteiger partial charge in [-0.3, -0.25) is 19.4 Å². The molecule has 1 aromatic rings. The zero-order chi connectivity index (χ0) is 19.2. The summed E-state index contributed by atoms with van der Waals surface area (Å²) in [5.41, 5.74) is 0. The minimum atomic E-state index is 0. The third kappa shape index (κ3) is 5.79. The highest BCUT2D eigenvalue weighted by atomic mass is 127. The number of piperazine rings is 1. The number of carbonyl (C=O) groups excluding carboxylic acids is 1. The van der Waals surface area contributed by atoms with Crippen molar-refractivity contribution in [3.63, 3.8) is 0 Å². The fraction of sp³-hybridized carbons (Fsp3) is 0.778. The maximum absolute atomic E-state index is 12.3. The van der Waals surface area contributed by atoms with Gasteiger partial charge in [0.1, 0.15) is 12.2 Å². The highest BCUT2D eigenvalue weighted by molar-refractivity contribution is 14.0. The molecule has 1 saturated carbocycles. The molecule has 1 amide bonds. The van der Waals surface area contributed by atoms with Gasteiger partial charge in [0.2, 0.25) is 5.91 Å². The monoisotopic (exact) mass is 504 g/mol. The molecule has 1 N–H and O–H groups in total. The molecule has 9 nitrogen and oxygen atoms in total. The van der Waals surface area contributed by atoms with Crippen LogP contribution in [0, 0.1) is 5.92 Å². The quantitative estimate of drug-likeness (QED) is 0.343. The normalized spacial score (nSPS) is 18.4. The lowest BCUT2D eigenvalue weighted by Crippen LogP contribution is -2.52. The van der Waals surface area contributed by atoms with Gasteiger partial charge in [-0.05, 0) is 12.8 Å². The average Bonchev–Trinajstić information content (AvgIpc) is 3.02. The Kier molecular flexibility index (Phi) is 8.93. The van der Waals surface area contributed by atoms with E-state index in [2.05, 4.69) is 30.2 Å². The van der Waals surface area contributed by atoms with Crippen LogP contribution in [-0.4, -0.2) is 94.7 Å². The molecule has 1 aromatic heterocycles. The molecule has 1 aliphatic heterocycles. The summed E-state index contributed by atoms with van der Waals surface area (Å²) in [5.74, 6) is 2.43. The molecule has 0 aromatic carbocycles. The number of aryl methyl sites for hydroxylation is 1. The first-order valence-corrected chi connectivity index (χ1v) is 9.84. The maximum atomic E-state index is 12.3. The largest absolute Gasteiger partial charge is 0.355 e. The van der Waals surface area contributed by atoms with Crippen molar-refractivity contribution in [3.8, 4) is 0 Å². The van der Waals surface area contributed by atoms with Gasteiger partial charge in [0.15, 0.2) is 5.96 Å². The van der Waals surface area contributed by atoms with E-state index in [-0.39, 0.29) is 24.0 Å². The van der Waals surface area contributed by atoms with Crippen LogP contribution >= 0.6 is 24.0 Å². The number of hydrogen-bond acceptors (Lipinski definition) is 5. The first-order chi connectivity index (χ1) is 13.1. The minimum Gasteiger partial charge on any atom is -0.355 e. The number of guanidine groups is 1. The van der Waals surface area contributed by atoms with E-state index in [0.717, 1.165) is 63.9 Å². The summed E-state index contributed by atoms with van der Waals surface area (Å²) >= 11 is 0. The molecule has 10 heteroatoms. The molecule has 2 aliphatic rings. The van der Waals surface area contributed by atoms with Crippen molar-refractivity contribution in [1.82, 2.24) is 34.8 Å². The number of carbonyl (C=O) groups is 1. The number of amides is 1. The molecule has 3 rings (SSSR count). The predicted molar refractivity (Wildman–Crippen MR) is 120 cm³/mol. The Morgan fingerprint density at radius 2 is 2.04 bits per heavy atom.